The molecule has 0 aromatic rings. The number of nitrogens with one attached hydrogen (secondary N) is 1. The third kappa shape index (κ3) is 6.85. The molecule has 0 aromatic carbocycles. The first-order valence-electron chi connectivity index (χ1n) is 6.97. The highest BCUT2D eigenvalue weighted by Crippen LogP contribution is 2.16. The third-order valence-electron chi connectivity index (χ3n) is 3.28. The molecule has 0 radical (unpaired) electrons. The second kappa shape index (κ2) is 6.55. The Balaban J connectivity index is 2.31. The molecule has 1 rings (SSSR count). The van der Waals surface area contributed by atoms with Gasteiger partial charge >= 0.3 is 0 Å². The molecule has 100 valence electrons. The van der Waals surface area contributed by atoms with Gasteiger partial charge in [0.1, 0.15) is 0 Å². The topological polar surface area (TPSA) is 15.3 Å². The Labute approximate surface area is 107 Å². The summed E-state index contributed by atoms with van der Waals surface area (Å²) in [5.74, 6) is 0.827. The predicted molar refractivity (Wildman–Crippen MR) is 76.4 cm³/mol. The molecule has 0 spiro atoms. The van der Waals surface area contributed by atoms with E-state index in [-0.39, 0.29) is 5.54 Å². The Morgan fingerprint density at radius 2 is 2.06 bits per heavy atom. The lowest BCUT2D eigenvalue weighted by molar-refractivity contribution is 0.181. The van der Waals surface area contributed by atoms with Crippen LogP contribution in [0.15, 0.2) is 11.6 Å². The van der Waals surface area contributed by atoms with Crippen molar-refractivity contribution < 1.29 is 0 Å². The molecule has 1 unspecified atom stereocenters. The zero-order valence-corrected chi connectivity index (χ0v) is 12.3. The van der Waals surface area contributed by atoms with Crippen LogP contribution in [0.1, 0.15) is 47.5 Å². The molecule has 2 nitrogen and oxygen atoms in total. The average molecular weight is 238 g/mol. The predicted octanol–water partition coefficient (Wildman–Crippen LogP) is 3.05. The van der Waals surface area contributed by atoms with Gasteiger partial charge in [0.15, 0.2) is 0 Å². The summed E-state index contributed by atoms with van der Waals surface area (Å²) < 4.78 is 0. The molecule has 17 heavy (non-hydrogen) atoms. The zero-order chi connectivity index (χ0) is 12.9. The smallest absolute Gasteiger partial charge is 0.0165 e. The summed E-state index contributed by atoms with van der Waals surface area (Å²) in [5, 5.41) is 3.63. The minimum atomic E-state index is 0.252. The number of nitrogens with zero attached hydrogens (tertiary/aromatic N) is 1. The van der Waals surface area contributed by atoms with Crippen molar-refractivity contribution in [2.45, 2.75) is 53.0 Å². The van der Waals surface area contributed by atoms with Crippen LogP contribution >= 0.6 is 0 Å². The Kier molecular flexibility index (Phi) is 5.68. The van der Waals surface area contributed by atoms with Crippen LogP contribution in [0.25, 0.3) is 0 Å². The van der Waals surface area contributed by atoms with E-state index in [2.05, 4.69) is 50.9 Å². The van der Waals surface area contributed by atoms with E-state index < -0.39 is 0 Å². The number of allylic oxidation sites excluding steroid dienone is 1. The van der Waals surface area contributed by atoms with E-state index in [0.29, 0.717) is 0 Å². The van der Waals surface area contributed by atoms with Crippen LogP contribution in [0, 0.1) is 5.92 Å². The lowest BCUT2D eigenvalue weighted by Crippen LogP contribution is -2.44. The van der Waals surface area contributed by atoms with Crippen LogP contribution in [0.5, 0.6) is 0 Å². The Morgan fingerprint density at radius 1 is 1.35 bits per heavy atom. The highest BCUT2D eigenvalue weighted by atomic mass is 15.1. The highest BCUT2D eigenvalue weighted by molar-refractivity contribution is 4.95. The molecule has 1 heterocycles. The number of rotatable bonds is 4. The van der Waals surface area contributed by atoms with Gasteiger partial charge in [-0.25, -0.2) is 0 Å². The van der Waals surface area contributed by atoms with Gasteiger partial charge in [-0.3, -0.25) is 4.90 Å². The lowest BCUT2D eigenvalue weighted by atomic mass is 9.96. The number of likely N-dealkylation sites (tertiary alicyclic amines) is 1. The molecule has 1 fully saturated rings. The first-order chi connectivity index (χ1) is 7.87. The van der Waals surface area contributed by atoms with Crippen molar-refractivity contribution in [2.24, 2.45) is 5.92 Å². The minimum absolute atomic E-state index is 0.252. The normalized spacial score (nSPS) is 22.5. The van der Waals surface area contributed by atoms with Crippen LogP contribution in [0.3, 0.4) is 0 Å². The molecule has 1 saturated heterocycles. The van der Waals surface area contributed by atoms with E-state index in [9.17, 15) is 0 Å². The fourth-order valence-corrected chi connectivity index (χ4v) is 2.25. The molecule has 1 atom stereocenters. The molecule has 1 aliphatic heterocycles. The number of hydrogen-bond donors (Lipinski definition) is 1. The van der Waals surface area contributed by atoms with Gasteiger partial charge in [0.25, 0.3) is 0 Å². The maximum Gasteiger partial charge on any atom is 0.0165 e. The van der Waals surface area contributed by atoms with Gasteiger partial charge in [-0.1, -0.05) is 11.6 Å². The maximum absolute atomic E-state index is 3.63. The van der Waals surface area contributed by atoms with Crippen LogP contribution in [0.2, 0.25) is 0 Å². The van der Waals surface area contributed by atoms with Crippen LogP contribution < -0.4 is 5.32 Å². The van der Waals surface area contributed by atoms with Gasteiger partial charge in [-0.15, -0.1) is 0 Å². The molecule has 1 aliphatic rings. The standard InChI is InChI=1S/C15H30N2/c1-13(2)8-10-17-9-6-7-14(12-17)11-16-15(3,4)5/h8,14,16H,6-7,9-12H2,1-5H3. The molecule has 0 amide bonds. The van der Waals surface area contributed by atoms with E-state index in [1.54, 1.807) is 0 Å². The molecule has 1 N–H and O–H groups in total. The molecule has 0 aromatic heterocycles. The van der Waals surface area contributed by atoms with Crippen LogP contribution in [0.4, 0.5) is 0 Å². The van der Waals surface area contributed by atoms with Gasteiger partial charge < -0.3 is 5.32 Å². The summed E-state index contributed by atoms with van der Waals surface area (Å²) in [5.41, 5.74) is 1.68. The van der Waals surface area contributed by atoms with Crippen molar-refractivity contribution in [3.8, 4) is 0 Å². The van der Waals surface area contributed by atoms with E-state index >= 15 is 0 Å². The van der Waals surface area contributed by atoms with Gasteiger partial charge in [0, 0.05) is 18.6 Å². The van der Waals surface area contributed by atoms with Crippen molar-refractivity contribution in [1.82, 2.24) is 10.2 Å². The van der Waals surface area contributed by atoms with Gasteiger partial charge in [0.2, 0.25) is 0 Å². The average Bonchev–Trinajstić information content (AvgIpc) is 2.23. The van der Waals surface area contributed by atoms with Crippen molar-refractivity contribution in [2.75, 3.05) is 26.2 Å². The third-order valence-corrected chi connectivity index (χ3v) is 3.28. The van der Waals surface area contributed by atoms with Gasteiger partial charge in [0.05, 0.1) is 0 Å². The molecular formula is C15H30N2. The Morgan fingerprint density at radius 3 is 2.65 bits per heavy atom. The van der Waals surface area contributed by atoms with Gasteiger partial charge in [-0.05, 0) is 66.5 Å². The Hall–Kier alpha value is -0.340. The highest BCUT2D eigenvalue weighted by Gasteiger charge is 2.20. The monoisotopic (exact) mass is 238 g/mol. The van der Waals surface area contributed by atoms with Crippen molar-refractivity contribution >= 4 is 0 Å². The molecule has 0 bridgehead atoms. The van der Waals surface area contributed by atoms with Crippen LogP contribution in [-0.2, 0) is 0 Å². The van der Waals surface area contributed by atoms with E-state index in [4.69, 9.17) is 0 Å². The summed E-state index contributed by atoms with van der Waals surface area (Å²) in [7, 11) is 0. The lowest BCUT2D eigenvalue weighted by Gasteiger charge is -2.34. The van der Waals surface area contributed by atoms with Crippen molar-refractivity contribution in [1.29, 1.82) is 0 Å². The van der Waals surface area contributed by atoms with E-state index in [0.717, 1.165) is 19.0 Å². The summed E-state index contributed by atoms with van der Waals surface area (Å²) in [6.45, 7) is 15.9. The van der Waals surface area contributed by atoms with Crippen molar-refractivity contribution in [3.05, 3.63) is 11.6 Å². The summed E-state index contributed by atoms with van der Waals surface area (Å²) in [6, 6.07) is 0. The first-order valence-corrected chi connectivity index (χ1v) is 6.97. The summed E-state index contributed by atoms with van der Waals surface area (Å²) in [6.07, 6.45) is 5.08. The first kappa shape index (κ1) is 14.7. The molecule has 2 heteroatoms. The quantitative estimate of drug-likeness (QED) is 0.757. The van der Waals surface area contributed by atoms with E-state index in [1.807, 2.05) is 0 Å². The van der Waals surface area contributed by atoms with Gasteiger partial charge in [-0.2, -0.15) is 0 Å². The fourth-order valence-electron chi connectivity index (χ4n) is 2.25. The summed E-state index contributed by atoms with van der Waals surface area (Å²) in [4.78, 5) is 2.59. The number of hydrogen-bond acceptors (Lipinski definition) is 2. The molecule has 0 aliphatic carbocycles. The summed E-state index contributed by atoms with van der Waals surface area (Å²) >= 11 is 0. The second-order valence-electron chi connectivity index (χ2n) is 6.68. The zero-order valence-electron chi connectivity index (χ0n) is 12.3. The molecular weight excluding hydrogens is 208 g/mol. The minimum Gasteiger partial charge on any atom is -0.312 e. The Bertz CT molecular complexity index is 246. The second-order valence-corrected chi connectivity index (χ2v) is 6.68. The van der Waals surface area contributed by atoms with Crippen LogP contribution in [-0.4, -0.2) is 36.6 Å². The van der Waals surface area contributed by atoms with E-state index in [1.165, 1.54) is 31.5 Å². The molecule has 0 saturated carbocycles. The SMILES string of the molecule is CC(C)=CCN1CCCC(CNC(C)(C)C)C1. The fraction of sp³-hybridized carbons (Fsp3) is 0.867. The largest absolute Gasteiger partial charge is 0.312 e. The van der Waals surface area contributed by atoms with Crippen molar-refractivity contribution in [3.63, 3.8) is 0 Å². The maximum atomic E-state index is 3.63. The number of piperidine rings is 1.